The molecule has 0 saturated carbocycles. The molecule has 10 nitrogen and oxygen atoms in total. The zero-order valence-electron chi connectivity index (χ0n) is 16.4. The summed E-state index contributed by atoms with van der Waals surface area (Å²) in [6, 6.07) is 4.02. The van der Waals surface area contributed by atoms with Crippen LogP contribution in [0.1, 0.15) is 36.9 Å². The highest BCUT2D eigenvalue weighted by Crippen LogP contribution is 2.13. The molecule has 1 N–H and O–H groups in total. The Kier molecular flexibility index (Phi) is 6.09. The van der Waals surface area contributed by atoms with E-state index in [1.165, 1.54) is 14.0 Å². The molecule has 4 rings (SSSR count). The quantitative estimate of drug-likeness (QED) is 0.392. The molecular formula is C18H21ClN8O2S. The van der Waals surface area contributed by atoms with Crippen molar-refractivity contribution in [3.63, 3.8) is 0 Å². The van der Waals surface area contributed by atoms with E-state index in [0.29, 0.717) is 31.6 Å². The van der Waals surface area contributed by atoms with Crippen LogP contribution in [0, 0.1) is 0 Å². The first-order valence-electron chi connectivity index (χ1n) is 9.74. The number of H-pyrrole nitrogens is 1. The van der Waals surface area contributed by atoms with Crippen LogP contribution in [-0.2, 0) is 26.1 Å². The highest BCUT2D eigenvalue weighted by atomic mass is 35.5. The molecule has 4 heterocycles. The zero-order valence-corrected chi connectivity index (χ0v) is 18.0. The smallest absolute Gasteiger partial charge is 0.323 e. The number of aromatic amines is 1. The fourth-order valence-corrected chi connectivity index (χ4v) is 4.20. The van der Waals surface area contributed by atoms with Gasteiger partial charge in [0.15, 0.2) is 17.0 Å². The number of rotatable bonds is 9. The van der Waals surface area contributed by atoms with Crippen LogP contribution >= 0.6 is 22.9 Å². The number of imidazole rings is 1. The minimum atomic E-state index is -0.419. The summed E-state index contributed by atoms with van der Waals surface area (Å²) in [6.07, 6.45) is 2.89. The van der Waals surface area contributed by atoms with Crippen molar-refractivity contribution >= 4 is 34.1 Å². The molecule has 12 heteroatoms. The molecule has 158 valence electrons. The van der Waals surface area contributed by atoms with E-state index in [1.807, 2.05) is 24.4 Å². The van der Waals surface area contributed by atoms with Gasteiger partial charge in [0.05, 0.1) is 0 Å². The predicted molar refractivity (Wildman–Crippen MR) is 114 cm³/mol. The second kappa shape index (κ2) is 8.92. The first kappa shape index (κ1) is 20.5. The summed E-state index contributed by atoms with van der Waals surface area (Å²) in [5.74, 6) is 0.751. The fraction of sp³-hybridized carbons (Fsp3) is 0.444. The number of aromatic nitrogens is 8. The van der Waals surface area contributed by atoms with Gasteiger partial charge in [-0.15, -0.1) is 16.4 Å². The lowest BCUT2D eigenvalue weighted by atomic mass is 10.3. The van der Waals surface area contributed by atoms with Crippen molar-refractivity contribution in [2.24, 2.45) is 0 Å². The summed E-state index contributed by atoms with van der Waals surface area (Å²) in [4.78, 5) is 33.9. The SMILES string of the molecule is CCCCn1c(=O)n(CCCn2nnnc2Cc2cccs2)c(=O)c2[nH]c(Cl)nc21. The van der Waals surface area contributed by atoms with Gasteiger partial charge in [-0.05, 0) is 46.3 Å². The third-order valence-corrected chi connectivity index (χ3v) is 5.89. The minimum absolute atomic E-state index is 0.0939. The van der Waals surface area contributed by atoms with E-state index < -0.39 is 5.56 Å². The van der Waals surface area contributed by atoms with Crippen LogP contribution in [0.4, 0.5) is 0 Å². The van der Waals surface area contributed by atoms with Gasteiger partial charge < -0.3 is 4.98 Å². The Morgan fingerprint density at radius 2 is 2.00 bits per heavy atom. The van der Waals surface area contributed by atoms with Gasteiger partial charge in [-0.2, -0.15) is 4.98 Å². The van der Waals surface area contributed by atoms with Crippen LogP contribution in [-0.4, -0.2) is 39.3 Å². The Morgan fingerprint density at radius 1 is 1.17 bits per heavy atom. The molecule has 0 atom stereocenters. The number of hydrogen-bond acceptors (Lipinski definition) is 7. The van der Waals surface area contributed by atoms with E-state index in [9.17, 15) is 9.59 Å². The molecular weight excluding hydrogens is 428 g/mol. The van der Waals surface area contributed by atoms with E-state index >= 15 is 0 Å². The molecule has 0 spiro atoms. The number of thiophene rings is 1. The first-order chi connectivity index (χ1) is 14.6. The van der Waals surface area contributed by atoms with E-state index in [2.05, 4.69) is 25.5 Å². The molecule has 0 aromatic carbocycles. The van der Waals surface area contributed by atoms with E-state index in [0.717, 1.165) is 18.7 Å². The lowest BCUT2D eigenvalue weighted by molar-refractivity contribution is 0.475. The topological polar surface area (TPSA) is 116 Å². The summed E-state index contributed by atoms with van der Waals surface area (Å²) in [5.41, 5.74) is -0.243. The summed E-state index contributed by atoms with van der Waals surface area (Å²) < 4.78 is 4.46. The maximum Gasteiger partial charge on any atom is 0.332 e. The summed E-state index contributed by atoms with van der Waals surface area (Å²) in [7, 11) is 0. The monoisotopic (exact) mass is 448 g/mol. The maximum atomic E-state index is 13.0. The summed E-state index contributed by atoms with van der Waals surface area (Å²) in [6.45, 7) is 3.26. The molecule has 0 aliphatic rings. The van der Waals surface area contributed by atoms with Gasteiger partial charge in [0.2, 0.25) is 5.28 Å². The summed E-state index contributed by atoms with van der Waals surface area (Å²) >= 11 is 7.61. The second-order valence-electron chi connectivity index (χ2n) is 6.90. The molecule has 0 saturated heterocycles. The Hall–Kier alpha value is -2.79. The van der Waals surface area contributed by atoms with E-state index in [4.69, 9.17) is 11.6 Å². The molecule has 0 aliphatic heterocycles. The Bertz CT molecular complexity index is 1250. The van der Waals surface area contributed by atoms with Gasteiger partial charge in [-0.1, -0.05) is 19.4 Å². The van der Waals surface area contributed by atoms with Crippen LogP contribution < -0.4 is 11.2 Å². The average molecular weight is 449 g/mol. The Morgan fingerprint density at radius 3 is 2.77 bits per heavy atom. The van der Waals surface area contributed by atoms with Crippen molar-refractivity contribution in [1.29, 1.82) is 0 Å². The van der Waals surface area contributed by atoms with Gasteiger partial charge in [0, 0.05) is 30.9 Å². The van der Waals surface area contributed by atoms with Crippen molar-refractivity contribution in [1.82, 2.24) is 39.3 Å². The van der Waals surface area contributed by atoms with Crippen molar-refractivity contribution < 1.29 is 0 Å². The molecule has 0 aliphatic carbocycles. The number of aryl methyl sites for hydroxylation is 2. The number of hydrogen-bond donors (Lipinski definition) is 1. The zero-order chi connectivity index (χ0) is 21.1. The number of unbranched alkanes of at least 4 members (excludes halogenated alkanes) is 1. The molecule has 0 radical (unpaired) electrons. The molecule has 0 amide bonds. The van der Waals surface area contributed by atoms with Crippen LogP contribution in [0.15, 0.2) is 27.1 Å². The Labute approximate surface area is 180 Å². The molecule has 30 heavy (non-hydrogen) atoms. The van der Waals surface area contributed by atoms with Gasteiger partial charge >= 0.3 is 5.69 Å². The molecule has 4 aromatic rings. The largest absolute Gasteiger partial charge is 0.332 e. The van der Waals surface area contributed by atoms with Gasteiger partial charge in [0.1, 0.15) is 0 Å². The van der Waals surface area contributed by atoms with Crippen molar-refractivity contribution in [2.45, 2.75) is 52.2 Å². The number of fused-ring (bicyclic) bond motifs is 1. The minimum Gasteiger partial charge on any atom is -0.323 e. The van der Waals surface area contributed by atoms with Crippen LogP contribution in [0.25, 0.3) is 11.2 Å². The van der Waals surface area contributed by atoms with Gasteiger partial charge in [-0.3, -0.25) is 13.9 Å². The lowest BCUT2D eigenvalue weighted by Gasteiger charge is -2.11. The standard InChI is InChI=1S/C18H21ClN8O2S/c1-2-3-7-25-15-14(20-17(19)21-15)16(28)26(18(25)29)8-5-9-27-13(22-23-24-27)11-12-6-4-10-30-12/h4,6,10H,2-3,5,7-9,11H2,1H3,(H,20,21). The fourth-order valence-electron chi connectivity index (χ4n) is 3.32. The van der Waals surface area contributed by atoms with E-state index in [1.54, 1.807) is 16.0 Å². The molecule has 4 aromatic heterocycles. The van der Waals surface area contributed by atoms with Gasteiger partial charge in [-0.25, -0.2) is 9.48 Å². The third-order valence-electron chi connectivity index (χ3n) is 4.84. The van der Waals surface area contributed by atoms with Crippen LogP contribution in [0.3, 0.4) is 0 Å². The number of tetrazole rings is 1. The molecule has 0 unspecified atom stereocenters. The van der Waals surface area contributed by atoms with Crippen molar-refractivity contribution in [3.8, 4) is 0 Å². The van der Waals surface area contributed by atoms with Crippen LogP contribution in [0.5, 0.6) is 0 Å². The van der Waals surface area contributed by atoms with Crippen molar-refractivity contribution in [2.75, 3.05) is 0 Å². The number of nitrogens with one attached hydrogen (secondary N) is 1. The maximum absolute atomic E-state index is 13.0. The Balaban J connectivity index is 1.55. The highest BCUT2D eigenvalue weighted by molar-refractivity contribution is 7.09. The highest BCUT2D eigenvalue weighted by Gasteiger charge is 2.17. The molecule has 0 bridgehead atoms. The average Bonchev–Trinajstić information content (AvgIpc) is 3.47. The first-order valence-corrected chi connectivity index (χ1v) is 11.0. The van der Waals surface area contributed by atoms with E-state index in [-0.39, 0.29) is 23.0 Å². The molecule has 0 fully saturated rings. The second-order valence-corrected chi connectivity index (χ2v) is 8.29. The lowest BCUT2D eigenvalue weighted by Crippen LogP contribution is -2.40. The number of nitrogens with zero attached hydrogens (tertiary/aromatic N) is 7. The third kappa shape index (κ3) is 4.08. The number of halogens is 1. The van der Waals surface area contributed by atoms with Crippen molar-refractivity contribution in [3.05, 3.63) is 54.3 Å². The van der Waals surface area contributed by atoms with Gasteiger partial charge in [0.25, 0.3) is 5.56 Å². The predicted octanol–water partition coefficient (Wildman–Crippen LogP) is 2.07. The summed E-state index contributed by atoms with van der Waals surface area (Å²) in [5, 5.41) is 14.0. The normalized spacial score (nSPS) is 11.5. The van der Waals surface area contributed by atoms with Crippen LogP contribution in [0.2, 0.25) is 5.28 Å².